The molecule has 3 aromatic rings. The van der Waals surface area contributed by atoms with Crippen LogP contribution >= 0.6 is 27.5 Å². The highest BCUT2D eigenvalue weighted by Crippen LogP contribution is 2.30. The first-order valence-corrected chi connectivity index (χ1v) is 14.8. The van der Waals surface area contributed by atoms with Crippen molar-refractivity contribution in [3.8, 4) is 0 Å². The van der Waals surface area contributed by atoms with Crippen molar-refractivity contribution in [3.63, 3.8) is 0 Å². The van der Waals surface area contributed by atoms with Crippen LogP contribution in [0, 0.1) is 6.92 Å². The van der Waals surface area contributed by atoms with Crippen molar-refractivity contribution in [1.82, 2.24) is 10.2 Å². The minimum Gasteiger partial charge on any atom is -0.354 e. The van der Waals surface area contributed by atoms with Gasteiger partial charge >= 0.3 is 0 Å². The molecule has 0 radical (unpaired) electrons. The molecule has 0 spiro atoms. The van der Waals surface area contributed by atoms with Crippen LogP contribution in [0.5, 0.6) is 0 Å². The van der Waals surface area contributed by atoms with Gasteiger partial charge in [0.15, 0.2) is 0 Å². The van der Waals surface area contributed by atoms with Crippen LogP contribution in [0.1, 0.15) is 31.4 Å². The van der Waals surface area contributed by atoms with Gasteiger partial charge in [-0.1, -0.05) is 70.9 Å². The summed E-state index contributed by atoms with van der Waals surface area (Å²) in [6.07, 6.45) is 0.746. The largest absolute Gasteiger partial charge is 0.354 e. The molecule has 1 N–H and O–H groups in total. The fraction of sp³-hybridized carbons (Fsp3) is 0.286. The van der Waals surface area contributed by atoms with Gasteiger partial charge in [0, 0.05) is 22.6 Å². The topological polar surface area (TPSA) is 86.8 Å². The Balaban J connectivity index is 2.04. The minimum atomic E-state index is -4.14. The molecule has 0 fully saturated rings. The Hall–Kier alpha value is -2.88. The predicted octanol–water partition coefficient (Wildman–Crippen LogP) is 5.55. The number of anilines is 1. The van der Waals surface area contributed by atoms with E-state index in [-0.39, 0.29) is 17.3 Å². The van der Waals surface area contributed by atoms with Crippen LogP contribution in [0.2, 0.25) is 5.02 Å². The first-order valence-electron chi connectivity index (χ1n) is 12.2. The number of benzene rings is 3. The summed E-state index contributed by atoms with van der Waals surface area (Å²) in [5.74, 6) is -0.834. The number of hydrogen-bond acceptors (Lipinski definition) is 4. The van der Waals surface area contributed by atoms with Gasteiger partial charge in [0.05, 0.1) is 10.6 Å². The fourth-order valence-corrected chi connectivity index (χ4v) is 5.77. The average molecular weight is 621 g/mol. The maximum absolute atomic E-state index is 13.9. The Labute approximate surface area is 238 Å². The van der Waals surface area contributed by atoms with Gasteiger partial charge in [-0.3, -0.25) is 13.9 Å². The van der Waals surface area contributed by atoms with Crippen LogP contribution < -0.4 is 9.62 Å². The number of halogens is 2. The Bertz CT molecular complexity index is 1370. The summed E-state index contributed by atoms with van der Waals surface area (Å²) in [5.41, 5.74) is 1.73. The van der Waals surface area contributed by atoms with Gasteiger partial charge in [-0.05, 0) is 67.8 Å². The second-order valence-electron chi connectivity index (χ2n) is 8.87. The van der Waals surface area contributed by atoms with E-state index in [9.17, 15) is 18.0 Å². The van der Waals surface area contributed by atoms with E-state index >= 15 is 0 Å². The summed E-state index contributed by atoms with van der Waals surface area (Å²) in [7, 11) is -4.14. The molecule has 7 nitrogen and oxygen atoms in total. The Morgan fingerprint density at radius 1 is 1.03 bits per heavy atom. The van der Waals surface area contributed by atoms with E-state index in [0.717, 1.165) is 20.8 Å². The van der Waals surface area contributed by atoms with E-state index in [0.29, 0.717) is 22.8 Å². The zero-order valence-corrected chi connectivity index (χ0v) is 24.7. The number of carbonyl (C=O) groups excluding carboxylic acids is 2. The van der Waals surface area contributed by atoms with E-state index in [4.69, 9.17) is 11.6 Å². The number of rotatable bonds is 11. The van der Waals surface area contributed by atoms with Crippen molar-refractivity contribution >= 4 is 55.1 Å². The summed E-state index contributed by atoms with van der Waals surface area (Å²) in [4.78, 5) is 28.2. The van der Waals surface area contributed by atoms with E-state index < -0.39 is 28.5 Å². The van der Waals surface area contributed by atoms with Crippen molar-refractivity contribution in [3.05, 3.63) is 93.4 Å². The quantitative estimate of drug-likeness (QED) is 0.305. The molecule has 0 aliphatic rings. The van der Waals surface area contributed by atoms with Gasteiger partial charge in [0.1, 0.15) is 12.6 Å². The lowest BCUT2D eigenvalue weighted by molar-refractivity contribution is -0.139. The molecule has 0 saturated heterocycles. The molecule has 3 aromatic carbocycles. The molecule has 3 rings (SSSR count). The molecule has 1 atom stereocenters. The zero-order chi connectivity index (χ0) is 27.9. The van der Waals surface area contributed by atoms with Gasteiger partial charge in [0.25, 0.3) is 10.0 Å². The number of aryl methyl sites for hydroxylation is 1. The van der Waals surface area contributed by atoms with E-state index in [1.807, 2.05) is 31.2 Å². The van der Waals surface area contributed by atoms with Gasteiger partial charge in [-0.15, -0.1) is 0 Å². The second kappa shape index (κ2) is 13.3. The number of amides is 2. The SMILES string of the molecule is CCCNC(=O)[C@H](C)N(Cc1ccc(Br)cc1)C(=O)CN(c1cc(Cl)ccc1C)S(=O)(=O)c1ccccc1. The maximum Gasteiger partial charge on any atom is 0.264 e. The van der Waals surface area contributed by atoms with Crippen LogP contribution in [0.4, 0.5) is 5.69 Å². The highest BCUT2D eigenvalue weighted by atomic mass is 79.9. The van der Waals surface area contributed by atoms with E-state index in [1.165, 1.54) is 23.1 Å². The van der Waals surface area contributed by atoms with Crippen LogP contribution in [-0.4, -0.2) is 44.3 Å². The Kier molecular flexibility index (Phi) is 10.4. The number of sulfonamides is 1. The minimum absolute atomic E-state index is 0.0420. The highest BCUT2D eigenvalue weighted by molar-refractivity contribution is 9.10. The summed E-state index contributed by atoms with van der Waals surface area (Å²) >= 11 is 9.65. The molecule has 0 aromatic heterocycles. The molecule has 0 heterocycles. The average Bonchev–Trinajstić information content (AvgIpc) is 2.91. The van der Waals surface area contributed by atoms with Crippen molar-refractivity contribution in [2.75, 3.05) is 17.4 Å². The third-order valence-corrected chi connectivity index (χ3v) is 8.57. The molecule has 0 unspecified atom stereocenters. The lowest BCUT2D eigenvalue weighted by atomic mass is 10.1. The summed E-state index contributed by atoms with van der Waals surface area (Å²) in [6.45, 7) is 5.42. The van der Waals surface area contributed by atoms with E-state index in [2.05, 4.69) is 21.2 Å². The standard InChI is InChI=1S/C28H31BrClN3O4S/c1-4-16-31-28(35)21(3)32(18-22-11-13-23(29)14-12-22)27(34)19-33(26-17-24(30)15-10-20(26)2)38(36,37)25-8-6-5-7-9-25/h5-15,17,21H,4,16,18-19H2,1-3H3,(H,31,35)/t21-/m0/s1. The first kappa shape index (κ1) is 29.7. The van der Waals surface area contributed by atoms with Crippen LogP contribution in [0.25, 0.3) is 0 Å². The summed E-state index contributed by atoms with van der Waals surface area (Å²) in [5, 5.41) is 3.17. The lowest BCUT2D eigenvalue weighted by Crippen LogP contribution is -2.51. The molecular formula is C28H31BrClN3O4S. The van der Waals surface area contributed by atoms with Crippen LogP contribution in [-0.2, 0) is 26.2 Å². The van der Waals surface area contributed by atoms with Gasteiger partial charge in [-0.25, -0.2) is 8.42 Å². The van der Waals surface area contributed by atoms with Crippen molar-refractivity contribution in [1.29, 1.82) is 0 Å². The molecule has 0 bridgehead atoms. The van der Waals surface area contributed by atoms with Crippen LogP contribution in [0.3, 0.4) is 0 Å². The van der Waals surface area contributed by atoms with Crippen molar-refractivity contribution < 1.29 is 18.0 Å². The Morgan fingerprint density at radius 3 is 2.32 bits per heavy atom. The molecule has 202 valence electrons. The van der Waals surface area contributed by atoms with Crippen LogP contribution in [0.15, 0.2) is 82.2 Å². The predicted molar refractivity (Wildman–Crippen MR) is 155 cm³/mol. The van der Waals surface area contributed by atoms with Crippen molar-refractivity contribution in [2.45, 2.75) is 44.7 Å². The van der Waals surface area contributed by atoms with E-state index in [1.54, 1.807) is 44.2 Å². The molecule has 38 heavy (non-hydrogen) atoms. The molecular weight excluding hydrogens is 590 g/mol. The lowest BCUT2D eigenvalue weighted by Gasteiger charge is -2.32. The van der Waals surface area contributed by atoms with Gasteiger partial charge < -0.3 is 10.2 Å². The smallest absolute Gasteiger partial charge is 0.264 e. The first-order chi connectivity index (χ1) is 18.0. The number of hydrogen-bond donors (Lipinski definition) is 1. The normalized spacial score (nSPS) is 12.0. The second-order valence-corrected chi connectivity index (χ2v) is 12.1. The number of nitrogens with one attached hydrogen (secondary N) is 1. The maximum atomic E-state index is 13.9. The zero-order valence-electron chi connectivity index (χ0n) is 21.5. The molecule has 2 amide bonds. The molecule has 10 heteroatoms. The monoisotopic (exact) mass is 619 g/mol. The molecule has 0 aliphatic carbocycles. The Morgan fingerprint density at radius 2 is 1.68 bits per heavy atom. The third-order valence-electron chi connectivity index (χ3n) is 6.03. The van der Waals surface area contributed by atoms with Crippen molar-refractivity contribution in [2.24, 2.45) is 0 Å². The van der Waals surface area contributed by atoms with Gasteiger partial charge in [-0.2, -0.15) is 0 Å². The fourth-order valence-electron chi connectivity index (χ4n) is 3.85. The number of nitrogens with zero attached hydrogens (tertiary/aromatic N) is 2. The van der Waals surface area contributed by atoms with Gasteiger partial charge in [0.2, 0.25) is 11.8 Å². The highest BCUT2D eigenvalue weighted by Gasteiger charge is 2.33. The molecule has 0 saturated carbocycles. The summed E-state index contributed by atoms with van der Waals surface area (Å²) < 4.78 is 29.6. The summed E-state index contributed by atoms with van der Waals surface area (Å²) in [6, 6.07) is 19.4. The molecule has 0 aliphatic heterocycles. The third kappa shape index (κ3) is 7.36. The number of carbonyl (C=O) groups is 2.